The van der Waals surface area contributed by atoms with Crippen LogP contribution in [0.2, 0.25) is 0 Å². The van der Waals surface area contributed by atoms with E-state index in [4.69, 9.17) is 16.6 Å². The predicted octanol–water partition coefficient (Wildman–Crippen LogP) is 4.86. The number of carbonyl (C=O) groups is 1. The number of carbonyl (C=O) groups excluding carboxylic acids is 1. The fourth-order valence-corrected chi connectivity index (χ4v) is 3.60. The molecule has 1 fully saturated rings. The molecule has 2 aromatic rings. The zero-order chi connectivity index (χ0) is 16.4. The fraction of sp³-hybridized carbons (Fsp3) is 0.111. The first kappa shape index (κ1) is 15.8. The van der Waals surface area contributed by atoms with Gasteiger partial charge >= 0.3 is 0 Å². The first-order chi connectivity index (χ1) is 11.1. The number of anilines is 1. The highest BCUT2D eigenvalue weighted by Gasteiger charge is 2.33. The Bertz CT molecular complexity index is 820. The molecule has 5 heteroatoms. The monoisotopic (exact) mass is 341 g/mol. The third kappa shape index (κ3) is 3.30. The number of aryl methyl sites for hydroxylation is 2. The van der Waals surface area contributed by atoms with Gasteiger partial charge in [-0.3, -0.25) is 9.69 Å². The van der Waals surface area contributed by atoms with E-state index >= 15 is 0 Å². The molecule has 1 saturated heterocycles. The van der Waals surface area contributed by atoms with Crippen molar-refractivity contribution in [1.29, 1.82) is 0 Å². The standard InChI is InChI=1S/C18H15NO2S2/c1-12-8-9-15(13(2)11-12)19-17(20)16(23-18(19)22)7-3-5-14-6-4-10-21-14/h3-11H,1-2H3/b5-3+,16-7-. The number of allylic oxidation sites excluding steroid dienone is 2. The van der Waals surface area contributed by atoms with Gasteiger partial charge in [-0.25, -0.2) is 0 Å². The van der Waals surface area contributed by atoms with Crippen LogP contribution < -0.4 is 4.90 Å². The summed E-state index contributed by atoms with van der Waals surface area (Å²) in [6.45, 7) is 4.02. The number of benzene rings is 1. The highest BCUT2D eigenvalue weighted by molar-refractivity contribution is 8.27. The van der Waals surface area contributed by atoms with Gasteiger partial charge in [0.1, 0.15) is 5.76 Å². The topological polar surface area (TPSA) is 33.5 Å². The Morgan fingerprint density at radius 2 is 2.09 bits per heavy atom. The van der Waals surface area contributed by atoms with E-state index in [1.54, 1.807) is 23.3 Å². The molecule has 0 spiro atoms. The van der Waals surface area contributed by atoms with Crippen LogP contribution in [0.25, 0.3) is 6.08 Å². The lowest BCUT2D eigenvalue weighted by Gasteiger charge is -2.17. The summed E-state index contributed by atoms with van der Waals surface area (Å²) in [4.78, 5) is 14.8. The van der Waals surface area contributed by atoms with Crippen LogP contribution in [0.3, 0.4) is 0 Å². The first-order valence-electron chi connectivity index (χ1n) is 7.11. The van der Waals surface area contributed by atoms with Gasteiger partial charge in [0, 0.05) is 0 Å². The Morgan fingerprint density at radius 1 is 1.26 bits per heavy atom. The number of furan rings is 1. The molecular weight excluding hydrogens is 326 g/mol. The Labute approximate surface area is 144 Å². The van der Waals surface area contributed by atoms with Crippen molar-refractivity contribution < 1.29 is 9.21 Å². The molecule has 116 valence electrons. The number of amides is 1. The van der Waals surface area contributed by atoms with Crippen molar-refractivity contribution in [3.05, 3.63) is 70.5 Å². The van der Waals surface area contributed by atoms with Crippen molar-refractivity contribution in [2.24, 2.45) is 0 Å². The first-order valence-corrected chi connectivity index (χ1v) is 8.34. The fourth-order valence-electron chi connectivity index (χ4n) is 2.36. The molecule has 1 amide bonds. The lowest BCUT2D eigenvalue weighted by Crippen LogP contribution is -2.28. The maximum absolute atomic E-state index is 12.6. The van der Waals surface area contributed by atoms with E-state index < -0.39 is 0 Å². The van der Waals surface area contributed by atoms with E-state index in [0.717, 1.165) is 22.6 Å². The summed E-state index contributed by atoms with van der Waals surface area (Å²) >= 11 is 6.70. The van der Waals surface area contributed by atoms with Gasteiger partial charge in [0.05, 0.1) is 16.9 Å². The summed E-state index contributed by atoms with van der Waals surface area (Å²) in [5.41, 5.74) is 3.04. The maximum Gasteiger partial charge on any atom is 0.270 e. The Hall–Kier alpha value is -2.11. The molecule has 3 nitrogen and oxygen atoms in total. The molecule has 0 saturated carbocycles. The summed E-state index contributed by atoms with van der Waals surface area (Å²) in [5, 5.41) is 0. The predicted molar refractivity (Wildman–Crippen MR) is 99.4 cm³/mol. The average molecular weight is 341 g/mol. The van der Waals surface area contributed by atoms with Gasteiger partial charge in [-0.15, -0.1) is 0 Å². The molecule has 1 aliphatic heterocycles. The van der Waals surface area contributed by atoms with Gasteiger partial charge in [0.2, 0.25) is 0 Å². The average Bonchev–Trinajstić information content (AvgIpc) is 3.10. The van der Waals surface area contributed by atoms with Gasteiger partial charge in [0.15, 0.2) is 4.32 Å². The van der Waals surface area contributed by atoms with Crippen molar-refractivity contribution in [2.75, 3.05) is 4.90 Å². The van der Waals surface area contributed by atoms with Gasteiger partial charge in [-0.1, -0.05) is 47.8 Å². The Balaban J connectivity index is 1.85. The highest BCUT2D eigenvalue weighted by Crippen LogP contribution is 2.36. The van der Waals surface area contributed by atoms with Gasteiger partial charge < -0.3 is 4.42 Å². The number of rotatable bonds is 3. The lowest BCUT2D eigenvalue weighted by atomic mass is 10.1. The molecule has 0 aliphatic carbocycles. The summed E-state index contributed by atoms with van der Waals surface area (Å²) in [7, 11) is 0. The van der Waals surface area contributed by atoms with Crippen LogP contribution in [0.4, 0.5) is 5.69 Å². The minimum atomic E-state index is -0.0870. The number of nitrogens with zero attached hydrogens (tertiary/aromatic N) is 1. The third-order valence-electron chi connectivity index (χ3n) is 3.44. The smallest absolute Gasteiger partial charge is 0.270 e. The quantitative estimate of drug-likeness (QED) is 0.590. The Morgan fingerprint density at radius 3 is 2.78 bits per heavy atom. The van der Waals surface area contributed by atoms with Gasteiger partial charge in [-0.05, 0) is 49.8 Å². The summed E-state index contributed by atoms with van der Waals surface area (Å²) in [5.74, 6) is 0.655. The van der Waals surface area contributed by atoms with Crippen LogP contribution in [0.5, 0.6) is 0 Å². The molecule has 0 unspecified atom stereocenters. The summed E-state index contributed by atoms with van der Waals surface area (Å²) < 4.78 is 5.77. The van der Waals surface area contributed by atoms with Crippen LogP contribution in [-0.4, -0.2) is 10.2 Å². The zero-order valence-electron chi connectivity index (χ0n) is 12.8. The van der Waals surface area contributed by atoms with E-state index in [9.17, 15) is 4.79 Å². The van der Waals surface area contributed by atoms with Crippen molar-refractivity contribution in [3.8, 4) is 0 Å². The molecule has 0 radical (unpaired) electrons. The van der Waals surface area contributed by atoms with Crippen LogP contribution in [0.1, 0.15) is 16.9 Å². The minimum Gasteiger partial charge on any atom is -0.465 e. The third-order valence-corrected chi connectivity index (χ3v) is 4.76. The molecule has 1 aromatic carbocycles. The number of thioether (sulfide) groups is 1. The maximum atomic E-state index is 12.6. The summed E-state index contributed by atoms with van der Waals surface area (Å²) in [6.07, 6.45) is 6.99. The number of hydrogen-bond acceptors (Lipinski definition) is 4. The number of hydrogen-bond donors (Lipinski definition) is 0. The zero-order valence-corrected chi connectivity index (χ0v) is 14.4. The van der Waals surface area contributed by atoms with Gasteiger partial charge in [-0.2, -0.15) is 0 Å². The second-order valence-corrected chi connectivity index (χ2v) is 6.88. The van der Waals surface area contributed by atoms with Crippen LogP contribution >= 0.6 is 24.0 Å². The molecule has 0 bridgehead atoms. The van der Waals surface area contributed by atoms with Crippen molar-refractivity contribution in [1.82, 2.24) is 0 Å². The molecular formula is C18H15NO2S2. The second kappa shape index (κ2) is 6.56. The Kier molecular flexibility index (Phi) is 4.50. The molecule has 3 rings (SSSR count). The molecule has 2 heterocycles. The normalized spacial score (nSPS) is 17.0. The van der Waals surface area contributed by atoms with Crippen molar-refractivity contribution in [3.63, 3.8) is 0 Å². The van der Waals surface area contributed by atoms with E-state index in [0.29, 0.717) is 9.23 Å². The molecule has 1 aliphatic rings. The number of thiocarbonyl (C=S) groups is 1. The van der Waals surface area contributed by atoms with E-state index in [1.807, 2.05) is 44.2 Å². The molecule has 1 aromatic heterocycles. The van der Waals surface area contributed by atoms with E-state index in [-0.39, 0.29) is 5.91 Å². The van der Waals surface area contributed by atoms with Crippen molar-refractivity contribution in [2.45, 2.75) is 13.8 Å². The van der Waals surface area contributed by atoms with Crippen LogP contribution in [0, 0.1) is 13.8 Å². The van der Waals surface area contributed by atoms with Gasteiger partial charge in [0.25, 0.3) is 5.91 Å². The molecule has 0 N–H and O–H groups in total. The summed E-state index contributed by atoms with van der Waals surface area (Å²) in [6, 6.07) is 9.65. The second-order valence-electron chi connectivity index (χ2n) is 5.20. The van der Waals surface area contributed by atoms with E-state index in [1.165, 1.54) is 11.8 Å². The SMILES string of the molecule is Cc1ccc(N2C(=O)/C(=C/C=C/c3ccco3)SC2=S)c(C)c1. The minimum absolute atomic E-state index is 0.0870. The lowest BCUT2D eigenvalue weighted by molar-refractivity contribution is -0.113. The highest BCUT2D eigenvalue weighted by atomic mass is 32.2. The van der Waals surface area contributed by atoms with Crippen molar-refractivity contribution >= 4 is 46.0 Å². The largest absolute Gasteiger partial charge is 0.465 e. The molecule has 23 heavy (non-hydrogen) atoms. The molecule has 0 atom stereocenters. The van der Waals surface area contributed by atoms with Crippen LogP contribution in [0.15, 0.2) is 58.1 Å². The van der Waals surface area contributed by atoms with Crippen LogP contribution in [-0.2, 0) is 4.79 Å². The van der Waals surface area contributed by atoms with E-state index in [2.05, 4.69) is 6.07 Å².